The van der Waals surface area contributed by atoms with Crippen molar-refractivity contribution in [1.82, 2.24) is 36.0 Å². The fraction of sp³-hybridized carbons (Fsp3) is 0.744. The summed E-state index contributed by atoms with van der Waals surface area (Å²) in [5, 5.41) is 21.6. The van der Waals surface area contributed by atoms with E-state index >= 15 is 0 Å². The first-order chi connectivity index (χ1) is 27.0. The number of nitrogens with one attached hydrogen (secondary N) is 4. The molecule has 0 bridgehead atoms. The van der Waals surface area contributed by atoms with Gasteiger partial charge in [-0.2, -0.15) is 0 Å². The Hall–Kier alpha value is -3.69. The molecule has 1 aliphatic heterocycles. The molecule has 0 aromatic carbocycles. The van der Waals surface area contributed by atoms with Gasteiger partial charge in [-0.15, -0.1) is 0 Å². The van der Waals surface area contributed by atoms with Crippen molar-refractivity contribution in [2.45, 2.75) is 155 Å². The van der Waals surface area contributed by atoms with Crippen molar-refractivity contribution in [3.05, 3.63) is 37.0 Å². The lowest BCUT2D eigenvalue weighted by Crippen LogP contribution is -2.60. The van der Waals surface area contributed by atoms with E-state index in [9.17, 15) is 37.9 Å². The third-order valence-corrected chi connectivity index (χ3v) is 10.8. The lowest BCUT2D eigenvalue weighted by molar-refractivity contribution is -0.149. The standard InChI is InChI=1S/C43H75F2N7O6/c1-14-15-16-17-18-22-34(50(11)42(58)37(46-10)29(6)7)41(57)52(13)36(24-28(4)5)39(55)49-33(21-19-20-32-25-43(44,45)26-47-32)40(56)51(12)35(23-27(2)3)38(54)48-30(8)31(9)53/h14-18,27-37,46-47,53H,1,19-26H2,2-13H3,(H,48,54)(H,49,55)/b16-15-,18-17+/t30?,31?,32-,33+,34+,35+,36?,37?/m1/s1. The largest absolute Gasteiger partial charge is 0.391 e. The summed E-state index contributed by atoms with van der Waals surface area (Å²) in [7, 11) is 6.26. The molecule has 0 aliphatic carbocycles. The predicted octanol–water partition coefficient (Wildman–Crippen LogP) is 4.03. The van der Waals surface area contributed by atoms with Crippen molar-refractivity contribution in [2.75, 3.05) is 34.7 Å². The fourth-order valence-electron chi connectivity index (χ4n) is 7.07. The number of carbonyl (C=O) groups is 5. The molecule has 4 unspecified atom stereocenters. The van der Waals surface area contributed by atoms with Gasteiger partial charge < -0.3 is 41.1 Å². The van der Waals surface area contributed by atoms with Crippen LogP contribution in [0.4, 0.5) is 8.78 Å². The van der Waals surface area contributed by atoms with Crippen molar-refractivity contribution in [3.8, 4) is 0 Å². The summed E-state index contributed by atoms with van der Waals surface area (Å²) >= 11 is 0. The number of hydrogen-bond acceptors (Lipinski definition) is 8. The molecule has 58 heavy (non-hydrogen) atoms. The molecule has 1 aliphatic rings. The molecule has 1 rings (SSSR count). The monoisotopic (exact) mass is 824 g/mol. The van der Waals surface area contributed by atoms with Gasteiger partial charge in [0.2, 0.25) is 29.5 Å². The second kappa shape index (κ2) is 25.1. The van der Waals surface area contributed by atoms with Crippen LogP contribution in [0.25, 0.3) is 0 Å². The lowest BCUT2D eigenvalue weighted by Gasteiger charge is -2.37. The molecule has 0 aromatic heterocycles. The molecule has 1 heterocycles. The van der Waals surface area contributed by atoms with Crippen LogP contribution < -0.4 is 21.3 Å². The molecule has 0 saturated carbocycles. The number of carbonyl (C=O) groups excluding carboxylic acids is 5. The molecule has 13 nitrogen and oxygen atoms in total. The lowest BCUT2D eigenvalue weighted by atomic mass is 9.97. The Balaban J connectivity index is 3.61. The second-order valence-corrected chi connectivity index (χ2v) is 17.1. The van der Waals surface area contributed by atoms with Gasteiger partial charge in [0.05, 0.1) is 24.7 Å². The van der Waals surface area contributed by atoms with Crippen molar-refractivity contribution < 1.29 is 37.9 Å². The maximum Gasteiger partial charge on any atom is 0.261 e. The average Bonchev–Trinajstić information content (AvgIpc) is 3.49. The van der Waals surface area contributed by atoms with E-state index in [1.54, 1.807) is 58.3 Å². The zero-order chi connectivity index (χ0) is 44.5. The van der Waals surface area contributed by atoms with Crippen LogP contribution in [0, 0.1) is 17.8 Å². The Kier molecular flexibility index (Phi) is 22.6. The number of aliphatic hydroxyl groups excluding tert-OH is 1. The molecule has 0 aromatic rings. The van der Waals surface area contributed by atoms with E-state index in [1.165, 1.54) is 28.8 Å². The third-order valence-electron chi connectivity index (χ3n) is 10.8. The summed E-state index contributed by atoms with van der Waals surface area (Å²) in [5.74, 6) is -5.31. The number of halogens is 2. The van der Waals surface area contributed by atoms with Gasteiger partial charge in [-0.3, -0.25) is 24.0 Å². The van der Waals surface area contributed by atoms with Crippen LogP contribution in [0.2, 0.25) is 0 Å². The maximum absolute atomic E-state index is 14.5. The summed E-state index contributed by atoms with van der Waals surface area (Å²) in [6, 6.07) is -5.72. The number of allylic oxidation sites excluding steroid dienone is 4. The molecule has 5 amide bonds. The molecule has 8 atom stereocenters. The first-order valence-corrected chi connectivity index (χ1v) is 20.8. The van der Waals surface area contributed by atoms with Crippen LogP contribution in [0.1, 0.15) is 100 Å². The quantitative estimate of drug-likeness (QED) is 0.0863. The average molecular weight is 824 g/mol. The van der Waals surface area contributed by atoms with Crippen molar-refractivity contribution in [3.63, 3.8) is 0 Å². The van der Waals surface area contributed by atoms with Crippen molar-refractivity contribution in [2.24, 2.45) is 17.8 Å². The van der Waals surface area contributed by atoms with Gasteiger partial charge in [-0.05, 0) is 77.2 Å². The maximum atomic E-state index is 14.5. The van der Waals surface area contributed by atoms with E-state index in [0.717, 1.165) is 0 Å². The van der Waals surface area contributed by atoms with E-state index in [2.05, 4.69) is 27.8 Å². The van der Waals surface area contributed by atoms with Crippen LogP contribution in [0.3, 0.4) is 0 Å². The van der Waals surface area contributed by atoms with Crippen LogP contribution in [-0.2, 0) is 24.0 Å². The van der Waals surface area contributed by atoms with E-state index in [4.69, 9.17) is 0 Å². The molecule has 1 saturated heterocycles. The van der Waals surface area contributed by atoms with Gasteiger partial charge in [0.15, 0.2) is 0 Å². The summed E-state index contributed by atoms with van der Waals surface area (Å²) < 4.78 is 28.0. The Morgan fingerprint density at radius 2 is 1.34 bits per heavy atom. The van der Waals surface area contributed by atoms with Gasteiger partial charge in [0, 0.05) is 33.6 Å². The third kappa shape index (κ3) is 16.9. The minimum atomic E-state index is -2.83. The van der Waals surface area contributed by atoms with E-state index in [0.29, 0.717) is 19.3 Å². The number of hydrogen-bond donors (Lipinski definition) is 5. The Labute approximate surface area is 346 Å². The molecular weight excluding hydrogens is 749 g/mol. The number of aliphatic hydroxyl groups is 1. The number of likely N-dealkylation sites (N-methyl/N-ethyl adjacent to an activating group) is 4. The predicted molar refractivity (Wildman–Crippen MR) is 226 cm³/mol. The van der Waals surface area contributed by atoms with Gasteiger partial charge in [0.1, 0.15) is 24.2 Å². The molecular formula is C43H75F2N7O6. The Bertz CT molecular complexity index is 1400. The zero-order valence-electron chi connectivity index (χ0n) is 37.2. The first-order valence-electron chi connectivity index (χ1n) is 20.8. The Morgan fingerprint density at radius 1 is 0.810 bits per heavy atom. The highest BCUT2D eigenvalue weighted by molar-refractivity contribution is 5.96. The number of rotatable bonds is 25. The number of alkyl halides is 2. The van der Waals surface area contributed by atoms with Crippen molar-refractivity contribution >= 4 is 29.5 Å². The van der Waals surface area contributed by atoms with E-state index < -0.39 is 84.5 Å². The number of amides is 5. The summed E-state index contributed by atoms with van der Waals surface area (Å²) in [5.41, 5.74) is 0. The minimum Gasteiger partial charge on any atom is -0.391 e. The second-order valence-electron chi connectivity index (χ2n) is 17.1. The summed E-state index contributed by atoms with van der Waals surface area (Å²) in [6.45, 7) is 17.9. The molecule has 0 radical (unpaired) electrons. The molecule has 15 heteroatoms. The molecule has 1 fully saturated rings. The van der Waals surface area contributed by atoms with Gasteiger partial charge in [-0.25, -0.2) is 8.78 Å². The normalized spacial score (nSPS) is 19.1. The number of nitrogens with zero attached hydrogens (tertiary/aromatic N) is 3. The SMILES string of the molecule is C=C/C=C\C=C\C[C@@H](C(=O)N(C)C(CC(C)C)C(=O)N[C@@H](CCC[C@@H]1CC(F)(F)CN1)C(=O)N(C)[C@@H](CC(C)C)C(=O)NC(C)C(C)O)N(C)C(=O)C(NC)C(C)C. The van der Waals surface area contributed by atoms with Gasteiger partial charge in [0.25, 0.3) is 5.92 Å². The highest BCUT2D eigenvalue weighted by Gasteiger charge is 2.41. The summed E-state index contributed by atoms with van der Waals surface area (Å²) in [6.07, 6.45) is 8.87. The molecule has 332 valence electrons. The van der Waals surface area contributed by atoms with E-state index in [1.807, 2.05) is 41.5 Å². The fourth-order valence-corrected chi connectivity index (χ4v) is 7.07. The minimum absolute atomic E-state index is 0.000766. The topological polar surface area (TPSA) is 163 Å². The van der Waals surface area contributed by atoms with Crippen LogP contribution >= 0.6 is 0 Å². The highest BCUT2D eigenvalue weighted by atomic mass is 19.3. The van der Waals surface area contributed by atoms with Crippen LogP contribution in [-0.4, -0.2) is 138 Å². The molecule has 0 spiro atoms. The van der Waals surface area contributed by atoms with Gasteiger partial charge >= 0.3 is 0 Å². The van der Waals surface area contributed by atoms with E-state index in [-0.39, 0.29) is 49.3 Å². The highest BCUT2D eigenvalue weighted by Crippen LogP contribution is 2.28. The van der Waals surface area contributed by atoms with Crippen molar-refractivity contribution in [1.29, 1.82) is 0 Å². The smallest absolute Gasteiger partial charge is 0.261 e. The zero-order valence-corrected chi connectivity index (χ0v) is 37.2. The Morgan fingerprint density at radius 3 is 1.81 bits per heavy atom. The first kappa shape index (κ1) is 52.3. The summed E-state index contributed by atoms with van der Waals surface area (Å²) in [4.78, 5) is 74.7. The van der Waals surface area contributed by atoms with Crippen LogP contribution in [0.15, 0.2) is 37.0 Å². The van der Waals surface area contributed by atoms with Crippen LogP contribution in [0.5, 0.6) is 0 Å². The van der Waals surface area contributed by atoms with Gasteiger partial charge in [-0.1, -0.05) is 78.5 Å². The molecule has 5 N–H and O–H groups in total.